The van der Waals surface area contributed by atoms with Gasteiger partial charge in [0.25, 0.3) is 0 Å². The van der Waals surface area contributed by atoms with Gasteiger partial charge in [-0.05, 0) is 46.9 Å². The van der Waals surface area contributed by atoms with Gasteiger partial charge < -0.3 is 0 Å². The van der Waals surface area contributed by atoms with Gasteiger partial charge in [0.1, 0.15) is 0 Å². The van der Waals surface area contributed by atoms with Crippen molar-refractivity contribution >= 4 is 17.5 Å². The minimum Gasteiger partial charge on any atom is -0.274 e. The Balaban J connectivity index is 1.59. The number of halogens is 3. The van der Waals surface area contributed by atoms with Crippen LogP contribution in [0.5, 0.6) is 0 Å². The fourth-order valence-electron chi connectivity index (χ4n) is 6.61. The largest absolute Gasteiger partial charge is 0.416 e. The standard InChI is InChI=1S/C27H20F3NO2/c1-2-26-19-12-5-3-10-17(19)21(18-11-4-6-13-20(18)26)22-23(26)25(33)31(24(22)32)16-9-7-8-15(14-16)27(28,29)30/h3-14,21-23H,2H2,1H3/t21?,22-,23-,26?/m1/s1. The van der Waals surface area contributed by atoms with E-state index in [0.717, 1.165) is 39.3 Å². The molecule has 0 aromatic heterocycles. The molecular formula is C27H20F3NO2. The molecule has 2 bridgehead atoms. The average Bonchev–Trinajstić information content (AvgIpc) is 3.09. The van der Waals surface area contributed by atoms with Gasteiger partial charge in [0.15, 0.2) is 0 Å². The summed E-state index contributed by atoms with van der Waals surface area (Å²) in [4.78, 5) is 28.7. The third kappa shape index (κ3) is 2.41. The molecule has 1 aliphatic heterocycles. The second-order valence-corrected chi connectivity index (χ2v) is 9.04. The maximum Gasteiger partial charge on any atom is 0.416 e. The van der Waals surface area contributed by atoms with Crippen LogP contribution < -0.4 is 4.90 Å². The van der Waals surface area contributed by atoms with Crippen molar-refractivity contribution in [3.63, 3.8) is 0 Å². The zero-order valence-corrected chi connectivity index (χ0v) is 17.8. The lowest BCUT2D eigenvalue weighted by Crippen LogP contribution is -2.53. The van der Waals surface area contributed by atoms with E-state index in [-0.39, 0.29) is 11.6 Å². The number of carbonyl (C=O) groups excluding carboxylic acids is 2. The second kappa shape index (κ2) is 6.56. The van der Waals surface area contributed by atoms with Crippen molar-refractivity contribution in [1.82, 2.24) is 0 Å². The lowest BCUT2D eigenvalue weighted by Gasteiger charge is -2.54. The molecule has 0 unspecified atom stereocenters. The molecule has 0 N–H and O–H groups in total. The monoisotopic (exact) mass is 447 g/mol. The van der Waals surface area contributed by atoms with Gasteiger partial charge in [0, 0.05) is 11.3 Å². The number of benzene rings is 3. The summed E-state index contributed by atoms with van der Waals surface area (Å²) < 4.78 is 40.1. The maximum absolute atomic E-state index is 13.9. The highest BCUT2D eigenvalue weighted by Gasteiger charge is 2.67. The van der Waals surface area contributed by atoms with Crippen LogP contribution in [0.15, 0.2) is 72.8 Å². The molecule has 0 spiro atoms. The van der Waals surface area contributed by atoms with Crippen molar-refractivity contribution in [3.8, 4) is 0 Å². The van der Waals surface area contributed by atoms with E-state index in [1.807, 2.05) is 55.5 Å². The number of anilines is 1. The molecule has 33 heavy (non-hydrogen) atoms. The van der Waals surface area contributed by atoms with Crippen LogP contribution in [-0.2, 0) is 21.2 Å². The third-order valence-electron chi connectivity index (χ3n) is 7.78. The minimum atomic E-state index is -4.56. The highest BCUT2D eigenvalue weighted by molar-refractivity contribution is 6.23. The fraction of sp³-hybridized carbons (Fsp3) is 0.259. The number of hydrogen-bond donors (Lipinski definition) is 0. The van der Waals surface area contributed by atoms with Gasteiger partial charge >= 0.3 is 6.18 Å². The molecule has 4 aliphatic rings. The van der Waals surface area contributed by atoms with Crippen LogP contribution in [0.4, 0.5) is 18.9 Å². The number of hydrogen-bond acceptors (Lipinski definition) is 2. The first-order valence-corrected chi connectivity index (χ1v) is 11.0. The van der Waals surface area contributed by atoms with Gasteiger partial charge in [-0.2, -0.15) is 13.2 Å². The topological polar surface area (TPSA) is 37.4 Å². The summed E-state index contributed by atoms with van der Waals surface area (Å²) in [5.41, 5.74) is 2.56. The normalized spacial score (nSPS) is 27.4. The van der Waals surface area contributed by atoms with E-state index in [2.05, 4.69) is 0 Å². The van der Waals surface area contributed by atoms with Gasteiger partial charge in [-0.3, -0.25) is 9.59 Å². The SMILES string of the molecule is CCC12c3ccccc3C(c3ccccc31)[C@H]1C(=O)N(c3cccc(C(F)(F)F)c3)C(=O)[C@@H]12. The van der Waals surface area contributed by atoms with Crippen LogP contribution in [0.1, 0.15) is 47.1 Å². The van der Waals surface area contributed by atoms with Crippen molar-refractivity contribution < 1.29 is 22.8 Å². The summed E-state index contributed by atoms with van der Waals surface area (Å²) in [6.07, 6.45) is -3.96. The molecular weight excluding hydrogens is 427 g/mol. The lowest BCUT2D eigenvalue weighted by molar-refractivity contribution is -0.137. The Labute approximate surface area is 188 Å². The number of amides is 2. The molecule has 6 heteroatoms. The predicted molar refractivity (Wildman–Crippen MR) is 117 cm³/mol. The van der Waals surface area contributed by atoms with Crippen molar-refractivity contribution in [3.05, 3.63) is 101 Å². The van der Waals surface area contributed by atoms with Gasteiger partial charge in [0.2, 0.25) is 11.8 Å². The predicted octanol–water partition coefficient (Wildman–Crippen LogP) is 5.67. The third-order valence-corrected chi connectivity index (χ3v) is 7.78. The molecule has 1 saturated heterocycles. The number of carbonyl (C=O) groups is 2. The Hall–Kier alpha value is -3.41. The lowest BCUT2D eigenvalue weighted by atomic mass is 9.46. The summed E-state index contributed by atoms with van der Waals surface area (Å²) in [5, 5.41) is 0. The molecule has 0 radical (unpaired) electrons. The quantitative estimate of drug-likeness (QED) is 0.475. The van der Waals surface area contributed by atoms with Gasteiger partial charge in [-0.15, -0.1) is 0 Å². The van der Waals surface area contributed by atoms with Crippen LogP contribution in [-0.4, -0.2) is 11.8 Å². The zero-order valence-electron chi connectivity index (χ0n) is 17.8. The number of imide groups is 1. The van der Waals surface area contributed by atoms with Gasteiger partial charge in [0.05, 0.1) is 23.1 Å². The van der Waals surface area contributed by atoms with Gasteiger partial charge in [-0.25, -0.2) is 4.90 Å². The molecule has 1 fully saturated rings. The molecule has 3 aromatic rings. The van der Waals surface area contributed by atoms with Gasteiger partial charge in [-0.1, -0.05) is 61.5 Å². The first-order chi connectivity index (χ1) is 15.8. The van der Waals surface area contributed by atoms with Crippen LogP contribution in [0, 0.1) is 11.8 Å². The smallest absolute Gasteiger partial charge is 0.274 e. The Kier molecular flexibility index (Phi) is 4.02. The van der Waals surface area contributed by atoms with Crippen molar-refractivity contribution in [2.24, 2.45) is 11.8 Å². The van der Waals surface area contributed by atoms with E-state index in [0.29, 0.717) is 6.42 Å². The van der Waals surface area contributed by atoms with Crippen molar-refractivity contribution in [2.45, 2.75) is 30.9 Å². The molecule has 3 nitrogen and oxygen atoms in total. The first kappa shape index (κ1) is 20.2. The van der Waals surface area contributed by atoms with E-state index < -0.39 is 40.8 Å². The summed E-state index contributed by atoms with van der Waals surface area (Å²) in [6, 6.07) is 20.4. The maximum atomic E-state index is 13.9. The Bertz CT molecular complexity index is 1280. The molecule has 2 atom stereocenters. The van der Waals surface area contributed by atoms with E-state index in [1.54, 1.807) is 0 Å². The van der Waals surface area contributed by atoms with Crippen molar-refractivity contribution in [2.75, 3.05) is 4.90 Å². The van der Waals surface area contributed by atoms with E-state index in [1.165, 1.54) is 12.1 Å². The number of nitrogens with zero attached hydrogens (tertiary/aromatic N) is 1. The molecule has 3 aliphatic carbocycles. The highest BCUT2D eigenvalue weighted by atomic mass is 19.4. The van der Waals surface area contributed by atoms with Crippen LogP contribution in [0.2, 0.25) is 0 Å². The van der Waals surface area contributed by atoms with Crippen molar-refractivity contribution in [1.29, 1.82) is 0 Å². The first-order valence-electron chi connectivity index (χ1n) is 11.0. The Morgan fingerprint density at radius 1 is 0.848 bits per heavy atom. The molecule has 1 heterocycles. The number of rotatable bonds is 2. The van der Waals surface area contributed by atoms with Crippen LogP contribution >= 0.6 is 0 Å². The fourth-order valence-corrected chi connectivity index (χ4v) is 6.61. The molecule has 3 aromatic carbocycles. The molecule has 166 valence electrons. The molecule has 7 rings (SSSR count). The highest BCUT2D eigenvalue weighted by Crippen LogP contribution is 2.65. The summed E-state index contributed by atoms with van der Waals surface area (Å²) in [7, 11) is 0. The summed E-state index contributed by atoms with van der Waals surface area (Å²) >= 11 is 0. The van der Waals surface area contributed by atoms with Crippen LogP contribution in [0.25, 0.3) is 0 Å². The summed E-state index contributed by atoms with van der Waals surface area (Å²) in [5.74, 6) is -2.43. The second-order valence-electron chi connectivity index (χ2n) is 9.04. The zero-order chi connectivity index (χ0) is 23.1. The van der Waals surface area contributed by atoms with E-state index in [9.17, 15) is 22.8 Å². The van der Waals surface area contributed by atoms with Crippen LogP contribution in [0.3, 0.4) is 0 Å². The van der Waals surface area contributed by atoms with E-state index >= 15 is 0 Å². The molecule has 2 amide bonds. The average molecular weight is 447 g/mol. The summed E-state index contributed by atoms with van der Waals surface area (Å²) in [6.45, 7) is 2.01. The minimum absolute atomic E-state index is 0.0204. The Morgan fingerprint density at radius 3 is 2.03 bits per heavy atom. The Morgan fingerprint density at radius 2 is 1.45 bits per heavy atom. The van der Waals surface area contributed by atoms with E-state index in [4.69, 9.17) is 0 Å². The number of alkyl halides is 3. The molecule has 0 saturated carbocycles.